The summed E-state index contributed by atoms with van der Waals surface area (Å²) in [6, 6.07) is 1.82. The van der Waals surface area contributed by atoms with Gasteiger partial charge in [0, 0.05) is 49.8 Å². The van der Waals surface area contributed by atoms with Crippen LogP contribution >= 0.6 is 11.3 Å². The van der Waals surface area contributed by atoms with Crippen LogP contribution in [0.25, 0.3) is 0 Å². The molecule has 2 aliphatic rings. The Hall–Kier alpha value is -1.02. The van der Waals surface area contributed by atoms with Gasteiger partial charge >= 0.3 is 0 Å². The molecule has 0 unspecified atom stereocenters. The normalized spacial score (nSPS) is 20.8. The molecule has 1 amide bonds. The smallest absolute Gasteiger partial charge is 0.270 e. The summed E-state index contributed by atoms with van der Waals surface area (Å²) in [5.74, 6) is -0.0622. The number of rotatable bonds is 7. The van der Waals surface area contributed by atoms with E-state index in [-0.39, 0.29) is 5.91 Å². The maximum Gasteiger partial charge on any atom is 0.270 e. The van der Waals surface area contributed by atoms with Crippen molar-refractivity contribution < 1.29 is 9.53 Å². The third-order valence-corrected chi connectivity index (χ3v) is 6.27. The zero-order valence-electron chi connectivity index (χ0n) is 16.0. The van der Waals surface area contributed by atoms with E-state index in [1.165, 1.54) is 37.3 Å². The molecule has 2 fully saturated rings. The summed E-state index contributed by atoms with van der Waals surface area (Å²) in [4.78, 5) is 21.5. The number of piperidine rings is 1. The highest BCUT2D eigenvalue weighted by Gasteiger charge is 2.31. The maximum absolute atomic E-state index is 12.1. The van der Waals surface area contributed by atoms with E-state index in [9.17, 15) is 4.79 Å². The van der Waals surface area contributed by atoms with Crippen molar-refractivity contribution in [3.05, 3.63) is 16.6 Å². The van der Waals surface area contributed by atoms with Gasteiger partial charge in [-0.2, -0.15) is 0 Å². The molecular formula is C19H32N4O2S. The van der Waals surface area contributed by atoms with E-state index in [0.29, 0.717) is 30.4 Å². The number of likely N-dealkylation sites (tertiary alicyclic amines) is 1. The molecule has 0 saturated carbocycles. The van der Waals surface area contributed by atoms with Crippen LogP contribution in [0.2, 0.25) is 0 Å². The Morgan fingerprint density at radius 3 is 2.62 bits per heavy atom. The number of carbonyl (C=O) groups is 1. The summed E-state index contributed by atoms with van der Waals surface area (Å²) in [5.41, 5.74) is 2.23. The molecule has 1 aromatic rings. The van der Waals surface area contributed by atoms with Gasteiger partial charge in [0.05, 0.1) is 5.51 Å². The second-order valence-electron chi connectivity index (χ2n) is 7.57. The molecule has 26 heavy (non-hydrogen) atoms. The second-order valence-corrected chi connectivity index (χ2v) is 8.29. The van der Waals surface area contributed by atoms with Crippen LogP contribution in [-0.2, 0) is 4.74 Å². The van der Waals surface area contributed by atoms with Gasteiger partial charge in [-0.3, -0.25) is 9.69 Å². The lowest BCUT2D eigenvalue weighted by molar-refractivity contribution is 0.0000197. The van der Waals surface area contributed by atoms with E-state index in [2.05, 4.69) is 33.9 Å². The van der Waals surface area contributed by atoms with Gasteiger partial charge in [-0.25, -0.2) is 4.98 Å². The number of aromatic nitrogens is 1. The summed E-state index contributed by atoms with van der Waals surface area (Å²) in [6.45, 7) is 10.2. The monoisotopic (exact) mass is 380 g/mol. The van der Waals surface area contributed by atoms with Crippen LogP contribution in [0.3, 0.4) is 0 Å². The van der Waals surface area contributed by atoms with Crippen molar-refractivity contribution in [3.63, 3.8) is 0 Å². The average Bonchev–Trinajstić information content (AvgIpc) is 3.21. The number of nitrogens with one attached hydrogen (secondary N) is 1. The van der Waals surface area contributed by atoms with E-state index in [0.717, 1.165) is 32.6 Å². The molecule has 0 radical (unpaired) electrons. The Balaban J connectivity index is 1.54. The Morgan fingerprint density at radius 2 is 2.00 bits per heavy atom. The zero-order chi connectivity index (χ0) is 18.4. The molecule has 0 aromatic carbocycles. The molecule has 6 nitrogen and oxygen atoms in total. The number of ether oxygens (including phenoxy) is 1. The van der Waals surface area contributed by atoms with Gasteiger partial charge in [0.25, 0.3) is 5.91 Å². The van der Waals surface area contributed by atoms with E-state index < -0.39 is 0 Å². The molecule has 0 spiro atoms. The van der Waals surface area contributed by atoms with Gasteiger partial charge in [0.2, 0.25) is 0 Å². The lowest BCUT2D eigenvalue weighted by atomic mass is 9.97. The zero-order valence-corrected chi connectivity index (χ0v) is 16.8. The molecule has 1 aromatic heterocycles. The maximum atomic E-state index is 12.1. The Kier molecular flexibility index (Phi) is 7.42. The predicted octanol–water partition coefficient (Wildman–Crippen LogP) is 2.23. The number of amides is 1. The molecule has 7 heteroatoms. The number of thiazole rings is 1. The van der Waals surface area contributed by atoms with E-state index in [1.54, 1.807) is 10.9 Å². The van der Waals surface area contributed by atoms with Crippen molar-refractivity contribution in [1.82, 2.24) is 20.1 Å². The van der Waals surface area contributed by atoms with Crippen molar-refractivity contribution in [2.45, 2.75) is 57.7 Å². The minimum absolute atomic E-state index is 0.0622. The average molecular weight is 381 g/mol. The molecule has 0 atom stereocenters. The first kappa shape index (κ1) is 19.7. The van der Waals surface area contributed by atoms with Crippen molar-refractivity contribution in [1.29, 1.82) is 0 Å². The standard InChI is InChI=1S/C19H32N4O2S/c1-15(2)22-8-3-16(4-9-22)23(17-5-11-25-12-6-17)10-7-20-19(24)18-13-26-14-21-18/h13-17H,3-12H2,1-2H3,(H,20,24). The molecule has 2 saturated heterocycles. The van der Waals surface area contributed by atoms with Crippen molar-refractivity contribution in [2.75, 3.05) is 39.4 Å². The van der Waals surface area contributed by atoms with Gasteiger partial charge in [-0.15, -0.1) is 11.3 Å². The molecule has 2 aliphatic heterocycles. The first-order chi connectivity index (χ1) is 12.6. The summed E-state index contributed by atoms with van der Waals surface area (Å²) >= 11 is 1.45. The van der Waals surface area contributed by atoms with Crippen molar-refractivity contribution >= 4 is 17.2 Å². The van der Waals surface area contributed by atoms with E-state index in [4.69, 9.17) is 4.74 Å². The highest BCUT2D eigenvalue weighted by atomic mass is 32.1. The highest BCUT2D eigenvalue weighted by molar-refractivity contribution is 7.07. The predicted molar refractivity (Wildman–Crippen MR) is 105 cm³/mol. The van der Waals surface area contributed by atoms with Crippen LogP contribution in [0, 0.1) is 0 Å². The second kappa shape index (κ2) is 9.78. The first-order valence-corrected chi connectivity index (χ1v) is 10.8. The van der Waals surface area contributed by atoms with Gasteiger partial charge in [0.1, 0.15) is 5.69 Å². The van der Waals surface area contributed by atoms with Gasteiger partial charge < -0.3 is 15.0 Å². The summed E-state index contributed by atoms with van der Waals surface area (Å²) in [5, 5.41) is 4.84. The summed E-state index contributed by atoms with van der Waals surface area (Å²) < 4.78 is 5.57. The minimum Gasteiger partial charge on any atom is -0.381 e. The van der Waals surface area contributed by atoms with Crippen molar-refractivity contribution in [2.24, 2.45) is 0 Å². The fourth-order valence-corrected chi connectivity index (χ4v) is 4.66. The lowest BCUT2D eigenvalue weighted by Crippen LogP contribution is -2.53. The Morgan fingerprint density at radius 1 is 1.31 bits per heavy atom. The topological polar surface area (TPSA) is 57.7 Å². The lowest BCUT2D eigenvalue weighted by Gasteiger charge is -2.44. The number of nitrogens with zero attached hydrogens (tertiary/aromatic N) is 3. The van der Waals surface area contributed by atoms with Crippen LogP contribution in [-0.4, -0.2) is 78.2 Å². The Labute approximate surface area is 160 Å². The van der Waals surface area contributed by atoms with Gasteiger partial charge in [-0.05, 0) is 52.6 Å². The number of hydrogen-bond acceptors (Lipinski definition) is 6. The van der Waals surface area contributed by atoms with E-state index >= 15 is 0 Å². The molecule has 0 aliphatic carbocycles. The summed E-state index contributed by atoms with van der Waals surface area (Å²) in [7, 11) is 0. The molecule has 1 N–H and O–H groups in total. The van der Waals surface area contributed by atoms with Crippen LogP contribution in [0.1, 0.15) is 50.0 Å². The highest BCUT2D eigenvalue weighted by Crippen LogP contribution is 2.24. The van der Waals surface area contributed by atoms with Crippen LogP contribution in [0.5, 0.6) is 0 Å². The molecule has 3 heterocycles. The van der Waals surface area contributed by atoms with Crippen LogP contribution in [0.15, 0.2) is 10.9 Å². The quantitative estimate of drug-likeness (QED) is 0.786. The van der Waals surface area contributed by atoms with Crippen LogP contribution < -0.4 is 5.32 Å². The fourth-order valence-electron chi connectivity index (χ4n) is 4.13. The number of carbonyl (C=O) groups excluding carboxylic acids is 1. The van der Waals surface area contributed by atoms with E-state index in [1.807, 2.05) is 0 Å². The Bertz CT molecular complexity index is 538. The first-order valence-electron chi connectivity index (χ1n) is 9.89. The molecular weight excluding hydrogens is 348 g/mol. The SMILES string of the molecule is CC(C)N1CCC(N(CCNC(=O)c2cscn2)C2CCOCC2)CC1. The minimum atomic E-state index is -0.0622. The third-order valence-electron chi connectivity index (χ3n) is 5.68. The van der Waals surface area contributed by atoms with Gasteiger partial charge in [-0.1, -0.05) is 0 Å². The fraction of sp³-hybridized carbons (Fsp3) is 0.789. The molecule has 0 bridgehead atoms. The largest absolute Gasteiger partial charge is 0.381 e. The summed E-state index contributed by atoms with van der Waals surface area (Å²) in [6.07, 6.45) is 4.64. The van der Waals surface area contributed by atoms with Crippen LogP contribution in [0.4, 0.5) is 0 Å². The van der Waals surface area contributed by atoms with Gasteiger partial charge in [0.15, 0.2) is 0 Å². The molecule has 146 valence electrons. The number of hydrogen-bond donors (Lipinski definition) is 1. The van der Waals surface area contributed by atoms with Crippen molar-refractivity contribution in [3.8, 4) is 0 Å². The molecule has 3 rings (SSSR count). The third kappa shape index (κ3) is 5.25.